The van der Waals surface area contributed by atoms with Gasteiger partial charge in [-0.15, -0.1) is 0 Å². The van der Waals surface area contributed by atoms with E-state index in [9.17, 15) is 5.11 Å². The molecular formula is C75H61N3O. The minimum absolute atomic E-state index is 0.139. The van der Waals surface area contributed by atoms with Crippen LogP contribution in [0.2, 0.25) is 0 Å². The number of phenolic OH excluding ortho intramolecular Hbond substituents is 1. The number of para-hydroxylation sites is 2. The first-order valence-electron chi connectivity index (χ1n) is 27.9. The maximum absolute atomic E-state index is 12.9. The SMILES string of the molecule is CC(C)(c1ccccc1)c1ccc(-c2ccnc(-c3cc(-c4ccccc4)cc(-c4cccc5c4nc(-c4cccc(-c6ccccc6-c6ccccc6)c4O)n5-c4ccc(CC5CCCC5)cc4-c4ccccc4)c3)c2)cc1. The van der Waals surface area contributed by atoms with Crippen LogP contribution in [-0.4, -0.2) is 19.6 Å². The van der Waals surface area contributed by atoms with Crippen LogP contribution < -0.4 is 0 Å². The second-order valence-electron chi connectivity index (χ2n) is 21.8. The fourth-order valence-corrected chi connectivity index (χ4v) is 12.2. The van der Waals surface area contributed by atoms with E-state index in [0.717, 1.165) is 101 Å². The number of benzene rings is 10. The Hall–Kier alpha value is -9.38. The van der Waals surface area contributed by atoms with Gasteiger partial charge >= 0.3 is 0 Å². The number of aromatic nitrogens is 3. The molecule has 0 bridgehead atoms. The highest BCUT2D eigenvalue weighted by Gasteiger charge is 2.26. The molecule has 79 heavy (non-hydrogen) atoms. The van der Waals surface area contributed by atoms with Crippen LogP contribution in [0.3, 0.4) is 0 Å². The largest absolute Gasteiger partial charge is 0.507 e. The summed E-state index contributed by atoms with van der Waals surface area (Å²) in [5.74, 6) is 1.53. The van der Waals surface area contributed by atoms with Gasteiger partial charge in [0.25, 0.3) is 0 Å². The number of fused-ring (bicyclic) bond motifs is 1. The summed E-state index contributed by atoms with van der Waals surface area (Å²) in [6.45, 7) is 4.58. The standard InChI is InChI=1S/C75H61N3O/c1-75(2,61-29-13-6-14-30-61)62-40-38-54(39-41-62)57-43-44-76-69(50-57)60-48-58(53-23-7-3-8-24-53)47-59(49-60)64-33-20-36-71-72(64)77-74(67-35-19-34-66(73(67)79)65-32-18-17-31-63(65)55-25-9-4-10-26-55)78(71)70-42-37-52(45-51-21-15-16-22-51)46-68(70)56-27-11-5-12-28-56/h3-14,17-20,23-44,46-51,79H,15-16,21-22,45H2,1-2H3. The molecule has 1 aliphatic carbocycles. The molecule has 0 spiro atoms. The molecule has 1 N–H and O–H groups in total. The highest BCUT2D eigenvalue weighted by Crippen LogP contribution is 2.46. The second-order valence-corrected chi connectivity index (χ2v) is 21.8. The summed E-state index contributed by atoms with van der Waals surface area (Å²) in [6, 6.07) is 90.6. The van der Waals surface area contributed by atoms with Gasteiger partial charge in [0.05, 0.1) is 28.0 Å². The molecule has 10 aromatic carbocycles. The zero-order chi connectivity index (χ0) is 53.3. The van der Waals surface area contributed by atoms with Gasteiger partial charge in [0, 0.05) is 33.9 Å². The van der Waals surface area contributed by atoms with Crippen molar-refractivity contribution in [3.8, 4) is 101 Å². The zero-order valence-corrected chi connectivity index (χ0v) is 44.7. The van der Waals surface area contributed by atoms with Crippen LogP contribution in [0.1, 0.15) is 56.2 Å². The van der Waals surface area contributed by atoms with Gasteiger partial charge in [-0.05, 0) is 134 Å². The number of hydrogen-bond acceptors (Lipinski definition) is 3. The molecule has 0 atom stereocenters. The molecule has 0 unspecified atom stereocenters. The fraction of sp³-hybridized carbons (Fsp3) is 0.120. The van der Waals surface area contributed by atoms with E-state index in [1.165, 1.54) is 42.4 Å². The van der Waals surface area contributed by atoms with Crippen molar-refractivity contribution in [2.75, 3.05) is 0 Å². The van der Waals surface area contributed by atoms with Gasteiger partial charge in [0.2, 0.25) is 0 Å². The van der Waals surface area contributed by atoms with Crippen molar-refractivity contribution in [1.82, 2.24) is 14.5 Å². The molecule has 4 nitrogen and oxygen atoms in total. The highest BCUT2D eigenvalue weighted by atomic mass is 16.3. The molecule has 0 aliphatic heterocycles. The second kappa shape index (κ2) is 21.2. The maximum atomic E-state index is 12.9. The fourth-order valence-electron chi connectivity index (χ4n) is 12.2. The summed E-state index contributed by atoms with van der Waals surface area (Å²) in [5.41, 5.74) is 21.6. The molecule has 2 aromatic heterocycles. The number of hydrogen-bond donors (Lipinski definition) is 1. The molecule has 1 fully saturated rings. The highest BCUT2D eigenvalue weighted by molar-refractivity contribution is 5.99. The molecule has 0 saturated heterocycles. The molecule has 4 heteroatoms. The van der Waals surface area contributed by atoms with Gasteiger partial charge < -0.3 is 5.11 Å². The van der Waals surface area contributed by atoms with Crippen LogP contribution in [0.5, 0.6) is 5.75 Å². The summed E-state index contributed by atoms with van der Waals surface area (Å²) in [7, 11) is 0. The zero-order valence-electron chi connectivity index (χ0n) is 44.7. The van der Waals surface area contributed by atoms with E-state index >= 15 is 0 Å². The van der Waals surface area contributed by atoms with Crippen LogP contribution in [0, 0.1) is 5.92 Å². The van der Waals surface area contributed by atoms with Gasteiger partial charge in [-0.25, -0.2) is 4.98 Å². The van der Waals surface area contributed by atoms with Crippen LogP contribution in [0.25, 0.3) is 106 Å². The van der Waals surface area contributed by atoms with E-state index in [1.807, 2.05) is 30.5 Å². The minimum atomic E-state index is -0.139. The Morgan fingerprint density at radius 3 is 1.71 bits per heavy atom. The lowest BCUT2D eigenvalue weighted by Crippen LogP contribution is -2.18. The third kappa shape index (κ3) is 9.65. The quantitative estimate of drug-likeness (QED) is 0.125. The third-order valence-electron chi connectivity index (χ3n) is 16.5. The summed E-state index contributed by atoms with van der Waals surface area (Å²) in [6.07, 6.45) is 8.16. The molecule has 13 rings (SSSR count). The summed E-state index contributed by atoms with van der Waals surface area (Å²) < 4.78 is 2.29. The average Bonchev–Trinajstić information content (AvgIpc) is 4.30. The molecule has 1 saturated carbocycles. The normalized spacial score (nSPS) is 12.8. The van der Waals surface area contributed by atoms with Crippen molar-refractivity contribution < 1.29 is 5.11 Å². The van der Waals surface area contributed by atoms with Crippen molar-refractivity contribution in [3.05, 3.63) is 278 Å². The lowest BCUT2D eigenvalue weighted by molar-refractivity contribution is 0.479. The topological polar surface area (TPSA) is 50.9 Å². The third-order valence-corrected chi connectivity index (χ3v) is 16.5. The average molecular weight is 1020 g/mol. The molecule has 382 valence electrons. The summed E-state index contributed by atoms with van der Waals surface area (Å²) in [5, 5.41) is 12.9. The number of pyridine rings is 1. The van der Waals surface area contributed by atoms with Gasteiger partial charge in [-0.1, -0.05) is 240 Å². The maximum Gasteiger partial charge on any atom is 0.149 e. The van der Waals surface area contributed by atoms with Crippen molar-refractivity contribution in [2.45, 2.75) is 51.4 Å². The molecule has 2 heterocycles. The Bertz CT molecular complexity index is 4120. The van der Waals surface area contributed by atoms with E-state index in [4.69, 9.17) is 9.97 Å². The van der Waals surface area contributed by atoms with Crippen LogP contribution in [-0.2, 0) is 11.8 Å². The number of imidazole rings is 1. The summed E-state index contributed by atoms with van der Waals surface area (Å²) >= 11 is 0. The van der Waals surface area contributed by atoms with Gasteiger partial charge in [-0.3, -0.25) is 9.55 Å². The molecule has 12 aromatic rings. The number of aromatic hydroxyl groups is 1. The first kappa shape index (κ1) is 49.2. The molecule has 0 amide bonds. The number of nitrogens with zero attached hydrogens (tertiary/aromatic N) is 3. The van der Waals surface area contributed by atoms with Gasteiger partial charge in [-0.2, -0.15) is 0 Å². The van der Waals surface area contributed by atoms with E-state index in [1.54, 1.807) is 0 Å². The predicted octanol–water partition coefficient (Wildman–Crippen LogP) is 19.5. The first-order chi connectivity index (χ1) is 38.8. The Morgan fingerprint density at radius 1 is 0.430 bits per heavy atom. The molecule has 0 radical (unpaired) electrons. The monoisotopic (exact) mass is 1020 g/mol. The Kier molecular flexibility index (Phi) is 13.2. The molecule has 1 aliphatic rings. The van der Waals surface area contributed by atoms with Gasteiger partial charge in [0.15, 0.2) is 0 Å². The number of phenols is 1. The smallest absolute Gasteiger partial charge is 0.149 e. The molecular weight excluding hydrogens is 959 g/mol. The van der Waals surface area contributed by atoms with Crippen molar-refractivity contribution in [3.63, 3.8) is 0 Å². The Morgan fingerprint density at radius 2 is 0.987 bits per heavy atom. The van der Waals surface area contributed by atoms with Crippen molar-refractivity contribution in [2.24, 2.45) is 5.92 Å². The Labute approximate surface area is 464 Å². The van der Waals surface area contributed by atoms with Crippen LogP contribution in [0.4, 0.5) is 0 Å². The van der Waals surface area contributed by atoms with Crippen LogP contribution >= 0.6 is 0 Å². The number of rotatable bonds is 13. The van der Waals surface area contributed by atoms with Gasteiger partial charge in [0.1, 0.15) is 11.6 Å². The van der Waals surface area contributed by atoms with Crippen molar-refractivity contribution in [1.29, 1.82) is 0 Å². The lowest BCUT2D eigenvalue weighted by Gasteiger charge is -2.26. The predicted molar refractivity (Wildman–Crippen MR) is 328 cm³/mol. The minimum Gasteiger partial charge on any atom is -0.507 e. The van der Waals surface area contributed by atoms with Crippen molar-refractivity contribution >= 4 is 11.0 Å². The van der Waals surface area contributed by atoms with E-state index in [0.29, 0.717) is 17.3 Å². The lowest BCUT2D eigenvalue weighted by atomic mass is 9.78. The van der Waals surface area contributed by atoms with Crippen LogP contribution in [0.15, 0.2) is 261 Å². The first-order valence-corrected chi connectivity index (χ1v) is 27.9. The van der Waals surface area contributed by atoms with E-state index in [-0.39, 0.29) is 11.2 Å². The summed E-state index contributed by atoms with van der Waals surface area (Å²) in [4.78, 5) is 10.8. The Balaban J connectivity index is 0.995. The van der Waals surface area contributed by atoms with E-state index < -0.39 is 0 Å². The van der Waals surface area contributed by atoms with E-state index in [2.05, 4.69) is 249 Å².